The van der Waals surface area contributed by atoms with Crippen molar-refractivity contribution in [3.05, 3.63) is 35.9 Å². The van der Waals surface area contributed by atoms with E-state index in [1.54, 1.807) is 37.3 Å². The van der Waals surface area contributed by atoms with E-state index in [1.165, 1.54) is 0 Å². The largest absolute Gasteiger partial charge is 0.406 e. The first-order chi connectivity index (χ1) is 9.30. The summed E-state index contributed by atoms with van der Waals surface area (Å²) >= 11 is 0. The van der Waals surface area contributed by atoms with Crippen molar-refractivity contribution in [2.24, 2.45) is 0 Å². The first-order valence-corrected chi connectivity index (χ1v) is 6.05. The molecule has 20 heavy (non-hydrogen) atoms. The van der Waals surface area contributed by atoms with Crippen molar-refractivity contribution in [1.82, 2.24) is 10.4 Å². The molecule has 0 aliphatic carbocycles. The van der Waals surface area contributed by atoms with Gasteiger partial charge in [-0.05, 0) is 12.5 Å². The van der Waals surface area contributed by atoms with E-state index < -0.39 is 36.4 Å². The molecule has 0 bridgehead atoms. The van der Waals surface area contributed by atoms with E-state index in [0.29, 0.717) is 10.6 Å². The van der Waals surface area contributed by atoms with Crippen LogP contribution in [0.1, 0.15) is 24.8 Å². The SMILES string of the molecule is C[C@H](C(=O)N1N[C@H](C(F)(F)F)CC1=O)c1ccccc1. The van der Waals surface area contributed by atoms with E-state index in [9.17, 15) is 22.8 Å². The van der Waals surface area contributed by atoms with Gasteiger partial charge >= 0.3 is 6.18 Å². The molecule has 1 aromatic carbocycles. The highest BCUT2D eigenvalue weighted by Gasteiger charge is 2.49. The van der Waals surface area contributed by atoms with Gasteiger partial charge in [0.25, 0.3) is 5.91 Å². The molecule has 2 rings (SSSR count). The molecule has 2 atom stereocenters. The predicted molar refractivity (Wildman–Crippen MR) is 64.3 cm³/mol. The number of halogens is 3. The first kappa shape index (κ1) is 14.5. The molecule has 1 heterocycles. The molecular weight excluding hydrogens is 273 g/mol. The smallest absolute Gasteiger partial charge is 0.273 e. The minimum Gasteiger partial charge on any atom is -0.273 e. The fourth-order valence-electron chi connectivity index (χ4n) is 1.99. The van der Waals surface area contributed by atoms with Gasteiger partial charge in [0.05, 0.1) is 12.3 Å². The highest BCUT2D eigenvalue weighted by Crippen LogP contribution is 2.28. The van der Waals surface area contributed by atoms with Crippen LogP contribution < -0.4 is 5.43 Å². The fraction of sp³-hybridized carbons (Fsp3) is 0.385. The highest BCUT2D eigenvalue weighted by molar-refractivity contribution is 5.99. The molecule has 108 valence electrons. The number of amides is 2. The molecule has 0 saturated carbocycles. The fourth-order valence-corrected chi connectivity index (χ4v) is 1.99. The average molecular weight is 286 g/mol. The molecule has 1 aliphatic heterocycles. The van der Waals surface area contributed by atoms with Gasteiger partial charge in [-0.15, -0.1) is 0 Å². The van der Waals surface area contributed by atoms with Crippen LogP contribution in [-0.2, 0) is 9.59 Å². The maximum absolute atomic E-state index is 12.5. The Balaban J connectivity index is 2.12. The number of nitrogens with zero attached hydrogens (tertiary/aromatic N) is 1. The van der Waals surface area contributed by atoms with Crippen LogP contribution in [0.3, 0.4) is 0 Å². The molecule has 0 unspecified atom stereocenters. The van der Waals surface area contributed by atoms with Crippen molar-refractivity contribution >= 4 is 11.8 Å². The van der Waals surface area contributed by atoms with Crippen molar-refractivity contribution in [1.29, 1.82) is 0 Å². The van der Waals surface area contributed by atoms with E-state index in [1.807, 2.05) is 5.43 Å². The lowest BCUT2D eigenvalue weighted by Crippen LogP contribution is -2.48. The number of hydrogen-bond donors (Lipinski definition) is 1. The second-order valence-electron chi connectivity index (χ2n) is 4.63. The van der Waals surface area contributed by atoms with E-state index >= 15 is 0 Å². The third-order valence-electron chi connectivity index (χ3n) is 3.20. The van der Waals surface area contributed by atoms with Gasteiger partial charge < -0.3 is 0 Å². The predicted octanol–water partition coefficient (Wildman–Crippen LogP) is 1.98. The van der Waals surface area contributed by atoms with Crippen molar-refractivity contribution in [3.63, 3.8) is 0 Å². The summed E-state index contributed by atoms with van der Waals surface area (Å²) in [5, 5.41) is 0.482. The maximum atomic E-state index is 12.5. The average Bonchev–Trinajstić information content (AvgIpc) is 2.80. The molecule has 1 saturated heterocycles. The molecule has 1 aliphatic rings. The van der Waals surface area contributed by atoms with E-state index in [4.69, 9.17) is 0 Å². The summed E-state index contributed by atoms with van der Waals surface area (Å²) in [4.78, 5) is 23.7. The van der Waals surface area contributed by atoms with Crippen LogP contribution in [0.25, 0.3) is 0 Å². The standard InChI is InChI=1S/C13H13F3N2O2/c1-8(9-5-3-2-4-6-9)12(20)18-11(19)7-10(17-18)13(14,15)16/h2-6,8,10,17H,7H2,1H3/t8-,10-/m0/s1. The summed E-state index contributed by atoms with van der Waals surface area (Å²) < 4.78 is 37.6. The van der Waals surface area contributed by atoms with Crippen molar-refractivity contribution in [2.75, 3.05) is 0 Å². The van der Waals surface area contributed by atoms with Gasteiger partial charge in [-0.25, -0.2) is 10.4 Å². The van der Waals surface area contributed by atoms with Crippen LogP contribution in [0.15, 0.2) is 30.3 Å². The lowest BCUT2D eigenvalue weighted by Gasteiger charge is -2.21. The third-order valence-corrected chi connectivity index (χ3v) is 3.20. The van der Waals surface area contributed by atoms with Crippen LogP contribution in [0.4, 0.5) is 13.2 Å². The summed E-state index contributed by atoms with van der Waals surface area (Å²) in [5.74, 6) is -2.24. The van der Waals surface area contributed by atoms with Gasteiger partial charge in [-0.2, -0.15) is 13.2 Å². The minimum absolute atomic E-state index is 0.482. The van der Waals surface area contributed by atoms with Gasteiger partial charge in [-0.1, -0.05) is 30.3 Å². The van der Waals surface area contributed by atoms with Crippen molar-refractivity contribution in [2.45, 2.75) is 31.5 Å². The van der Waals surface area contributed by atoms with Crippen LogP contribution in [0, 0.1) is 0 Å². The van der Waals surface area contributed by atoms with Crippen LogP contribution >= 0.6 is 0 Å². The van der Waals surface area contributed by atoms with Gasteiger partial charge in [-0.3, -0.25) is 9.59 Å². The number of alkyl halides is 3. The maximum Gasteiger partial charge on any atom is 0.406 e. The number of carbonyl (C=O) groups is 2. The normalized spacial score (nSPS) is 21.1. The highest BCUT2D eigenvalue weighted by atomic mass is 19.4. The van der Waals surface area contributed by atoms with Crippen molar-refractivity contribution in [3.8, 4) is 0 Å². The molecule has 1 N–H and O–H groups in total. The number of carbonyl (C=O) groups excluding carboxylic acids is 2. The minimum atomic E-state index is -4.55. The second kappa shape index (κ2) is 5.24. The molecule has 1 aromatic rings. The van der Waals surface area contributed by atoms with Gasteiger partial charge in [0.2, 0.25) is 5.91 Å². The molecule has 0 aromatic heterocycles. The zero-order valence-electron chi connectivity index (χ0n) is 10.6. The number of hydrogen-bond acceptors (Lipinski definition) is 3. The number of imide groups is 1. The Labute approximate surface area is 113 Å². The summed E-state index contributed by atoms with van der Waals surface area (Å²) in [6.07, 6.45) is -5.31. The quantitative estimate of drug-likeness (QED) is 0.904. The zero-order chi connectivity index (χ0) is 14.9. The van der Waals surface area contributed by atoms with Crippen molar-refractivity contribution < 1.29 is 22.8 Å². The van der Waals surface area contributed by atoms with Gasteiger partial charge in [0.1, 0.15) is 6.04 Å². The Bertz CT molecular complexity index is 516. The number of rotatable bonds is 2. The van der Waals surface area contributed by atoms with E-state index in [0.717, 1.165) is 0 Å². The Morgan fingerprint density at radius 2 is 1.95 bits per heavy atom. The monoisotopic (exact) mass is 286 g/mol. The lowest BCUT2D eigenvalue weighted by atomic mass is 10.0. The topological polar surface area (TPSA) is 49.4 Å². The number of hydrazine groups is 1. The molecule has 1 fully saturated rings. The molecule has 7 heteroatoms. The molecule has 2 amide bonds. The Hall–Kier alpha value is -1.89. The van der Waals surface area contributed by atoms with E-state index in [2.05, 4.69) is 0 Å². The molecule has 0 radical (unpaired) electrons. The Kier molecular flexibility index (Phi) is 3.80. The summed E-state index contributed by atoms with van der Waals surface area (Å²) in [6, 6.07) is 6.57. The summed E-state index contributed by atoms with van der Waals surface area (Å²) in [6.45, 7) is 1.55. The van der Waals surface area contributed by atoms with E-state index in [-0.39, 0.29) is 0 Å². The van der Waals surface area contributed by atoms with Gasteiger partial charge in [0, 0.05) is 0 Å². The first-order valence-electron chi connectivity index (χ1n) is 6.05. The Morgan fingerprint density at radius 3 is 2.45 bits per heavy atom. The lowest BCUT2D eigenvalue weighted by molar-refractivity contribution is -0.160. The van der Waals surface area contributed by atoms with Crippen LogP contribution in [0.5, 0.6) is 0 Å². The summed E-state index contributed by atoms with van der Waals surface area (Å²) in [7, 11) is 0. The molecule has 0 spiro atoms. The molecular formula is C13H13F3N2O2. The van der Waals surface area contributed by atoms with Crippen LogP contribution in [-0.4, -0.2) is 29.0 Å². The third kappa shape index (κ3) is 2.82. The number of benzene rings is 1. The summed E-state index contributed by atoms with van der Waals surface area (Å²) in [5.41, 5.74) is 2.58. The number of nitrogens with one attached hydrogen (secondary N) is 1. The second-order valence-corrected chi connectivity index (χ2v) is 4.63. The van der Waals surface area contributed by atoms with Gasteiger partial charge in [0.15, 0.2) is 0 Å². The molecule has 4 nitrogen and oxygen atoms in total. The zero-order valence-corrected chi connectivity index (χ0v) is 10.6. The van der Waals surface area contributed by atoms with Crippen LogP contribution in [0.2, 0.25) is 0 Å². The Morgan fingerprint density at radius 1 is 1.35 bits per heavy atom.